The SMILES string of the molecule is CCCOC(=Cc1ccccc1)C(=O)[C@@H](O)[C@H](O)[C@H](O)C(O)Cc1ccccc1. The Labute approximate surface area is 170 Å². The first-order valence-corrected chi connectivity index (χ1v) is 9.64. The Hall–Kier alpha value is -2.51. The summed E-state index contributed by atoms with van der Waals surface area (Å²) in [5, 5.41) is 41.1. The van der Waals surface area contributed by atoms with Crippen molar-refractivity contribution in [3.8, 4) is 0 Å². The van der Waals surface area contributed by atoms with Crippen molar-refractivity contribution in [2.24, 2.45) is 0 Å². The molecule has 6 nitrogen and oxygen atoms in total. The monoisotopic (exact) mass is 400 g/mol. The van der Waals surface area contributed by atoms with E-state index in [9.17, 15) is 25.2 Å². The molecule has 0 amide bonds. The van der Waals surface area contributed by atoms with Crippen LogP contribution in [0.1, 0.15) is 24.5 Å². The quantitative estimate of drug-likeness (QED) is 0.338. The molecule has 4 atom stereocenters. The lowest BCUT2D eigenvalue weighted by atomic mass is 9.95. The molecule has 0 saturated carbocycles. The van der Waals surface area contributed by atoms with Gasteiger partial charge in [-0.15, -0.1) is 0 Å². The van der Waals surface area contributed by atoms with Crippen molar-refractivity contribution >= 4 is 11.9 Å². The second kappa shape index (κ2) is 11.5. The maximum atomic E-state index is 12.7. The average molecular weight is 400 g/mol. The largest absolute Gasteiger partial charge is 0.490 e. The minimum atomic E-state index is -1.94. The highest BCUT2D eigenvalue weighted by atomic mass is 16.5. The topological polar surface area (TPSA) is 107 Å². The summed E-state index contributed by atoms with van der Waals surface area (Å²) in [5.41, 5.74) is 1.45. The molecule has 2 aromatic rings. The number of carbonyl (C=O) groups is 1. The van der Waals surface area contributed by atoms with E-state index in [2.05, 4.69) is 0 Å². The van der Waals surface area contributed by atoms with Crippen LogP contribution in [0.2, 0.25) is 0 Å². The smallest absolute Gasteiger partial charge is 0.228 e. The summed E-state index contributed by atoms with van der Waals surface area (Å²) in [6, 6.07) is 17.9. The maximum Gasteiger partial charge on any atom is 0.228 e. The van der Waals surface area contributed by atoms with Crippen LogP contribution in [0.3, 0.4) is 0 Å². The van der Waals surface area contributed by atoms with Gasteiger partial charge in [0.15, 0.2) is 5.76 Å². The van der Waals surface area contributed by atoms with Gasteiger partial charge in [-0.1, -0.05) is 67.6 Å². The second-order valence-corrected chi connectivity index (χ2v) is 6.82. The van der Waals surface area contributed by atoms with Crippen LogP contribution >= 0.6 is 0 Å². The zero-order valence-electron chi connectivity index (χ0n) is 16.4. The molecule has 0 radical (unpaired) electrons. The molecule has 0 bridgehead atoms. The summed E-state index contributed by atoms with van der Waals surface area (Å²) in [6.07, 6.45) is -4.69. The summed E-state index contributed by atoms with van der Waals surface area (Å²) >= 11 is 0. The molecule has 29 heavy (non-hydrogen) atoms. The van der Waals surface area contributed by atoms with E-state index in [1.165, 1.54) is 6.08 Å². The minimum Gasteiger partial charge on any atom is -0.490 e. The fraction of sp³-hybridized carbons (Fsp3) is 0.348. The van der Waals surface area contributed by atoms with Gasteiger partial charge in [0.1, 0.15) is 18.3 Å². The van der Waals surface area contributed by atoms with Crippen molar-refractivity contribution in [3.63, 3.8) is 0 Å². The first kappa shape index (κ1) is 22.8. The van der Waals surface area contributed by atoms with Crippen LogP contribution in [-0.2, 0) is 16.0 Å². The van der Waals surface area contributed by atoms with E-state index < -0.39 is 30.2 Å². The van der Waals surface area contributed by atoms with Gasteiger partial charge < -0.3 is 25.2 Å². The van der Waals surface area contributed by atoms with E-state index in [0.717, 1.165) is 5.56 Å². The van der Waals surface area contributed by atoms with Gasteiger partial charge in [-0.25, -0.2) is 0 Å². The number of aliphatic hydroxyl groups is 4. The van der Waals surface area contributed by atoms with Gasteiger partial charge in [0.25, 0.3) is 0 Å². The summed E-state index contributed by atoms with van der Waals surface area (Å²) in [6.45, 7) is 2.13. The number of ketones is 1. The number of Topliss-reactive ketones (excluding diaryl/α,β-unsaturated/α-hetero) is 1. The average Bonchev–Trinajstić information content (AvgIpc) is 2.75. The Balaban J connectivity index is 2.10. The Morgan fingerprint density at radius 1 is 0.931 bits per heavy atom. The van der Waals surface area contributed by atoms with E-state index in [-0.39, 0.29) is 18.8 Å². The Morgan fingerprint density at radius 3 is 2.10 bits per heavy atom. The molecule has 156 valence electrons. The van der Waals surface area contributed by atoms with Crippen LogP contribution in [0, 0.1) is 0 Å². The summed E-state index contributed by atoms with van der Waals surface area (Å²) in [7, 11) is 0. The molecule has 2 aromatic carbocycles. The number of aliphatic hydroxyl groups excluding tert-OH is 4. The molecule has 0 aliphatic rings. The first-order chi connectivity index (χ1) is 13.9. The lowest BCUT2D eigenvalue weighted by Gasteiger charge is -2.26. The molecule has 2 rings (SSSR count). The van der Waals surface area contributed by atoms with Crippen LogP contribution in [0.4, 0.5) is 0 Å². The summed E-state index contributed by atoms with van der Waals surface area (Å²) in [5.74, 6) is -0.977. The molecule has 0 spiro atoms. The van der Waals surface area contributed by atoms with Crippen LogP contribution < -0.4 is 0 Å². The van der Waals surface area contributed by atoms with Gasteiger partial charge >= 0.3 is 0 Å². The zero-order valence-corrected chi connectivity index (χ0v) is 16.4. The highest BCUT2D eigenvalue weighted by Crippen LogP contribution is 2.16. The van der Waals surface area contributed by atoms with E-state index >= 15 is 0 Å². The highest BCUT2D eigenvalue weighted by Gasteiger charge is 2.36. The van der Waals surface area contributed by atoms with Gasteiger partial charge in [0.2, 0.25) is 5.78 Å². The van der Waals surface area contributed by atoms with Gasteiger partial charge in [-0.2, -0.15) is 0 Å². The number of carbonyl (C=O) groups excluding carboxylic acids is 1. The molecule has 0 aromatic heterocycles. The molecule has 0 aliphatic carbocycles. The lowest BCUT2D eigenvalue weighted by molar-refractivity contribution is -0.144. The van der Waals surface area contributed by atoms with Crippen molar-refractivity contribution in [2.75, 3.05) is 6.61 Å². The maximum absolute atomic E-state index is 12.7. The number of ether oxygens (including phenoxy) is 1. The number of hydrogen-bond donors (Lipinski definition) is 4. The molecule has 0 heterocycles. The second-order valence-electron chi connectivity index (χ2n) is 6.82. The van der Waals surface area contributed by atoms with Gasteiger partial charge in [0, 0.05) is 6.42 Å². The molecular weight excluding hydrogens is 372 g/mol. The Morgan fingerprint density at radius 2 is 1.52 bits per heavy atom. The van der Waals surface area contributed by atoms with Crippen LogP contribution in [-0.4, -0.2) is 57.2 Å². The van der Waals surface area contributed by atoms with Crippen molar-refractivity contribution in [1.82, 2.24) is 0 Å². The predicted octanol–water partition coefficient (Wildman–Crippen LogP) is 1.71. The molecule has 6 heteroatoms. The molecule has 0 aliphatic heterocycles. The van der Waals surface area contributed by atoms with E-state index in [1.54, 1.807) is 48.5 Å². The standard InChI is InChI=1S/C23H28O6/c1-2-13-29-19(15-17-11-7-4-8-12-17)21(26)23(28)22(27)20(25)18(24)14-16-9-5-3-6-10-16/h3-12,15,18,20,22-25,27-28H,2,13-14H2,1H3/t18?,20-,22-,23-/m1/s1. The van der Waals surface area contributed by atoms with E-state index in [0.29, 0.717) is 12.0 Å². The van der Waals surface area contributed by atoms with E-state index in [1.807, 2.05) is 19.1 Å². The van der Waals surface area contributed by atoms with Crippen molar-refractivity contribution < 1.29 is 30.0 Å². The van der Waals surface area contributed by atoms with Crippen LogP contribution in [0.25, 0.3) is 6.08 Å². The third-order valence-electron chi connectivity index (χ3n) is 4.43. The van der Waals surface area contributed by atoms with Gasteiger partial charge in [0.05, 0.1) is 12.7 Å². The summed E-state index contributed by atoms with van der Waals surface area (Å²) in [4.78, 5) is 12.7. The van der Waals surface area contributed by atoms with E-state index in [4.69, 9.17) is 4.74 Å². The Kier molecular flexibility index (Phi) is 9.02. The number of hydrogen-bond acceptors (Lipinski definition) is 6. The van der Waals surface area contributed by atoms with Crippen LogP contribution in [0.15, 0.2) is 66.4 Å². The highest BCUT2D eigenvalue weighted by molar-refractivity contribution is 6.01. The molecular formula is C23H28O6. The van der Waals surface area contributed by atoms with Crippen molar-refractivity contribution in [1.29, 1.82) is 0 Å². The Bertz CT molecular complexity index is 774. The minimum absolute atomic E-state index is 0.0685. The summed E-state index contributed by atoms with van der Waals surface area (Å²) < 4.78 is 5.46. The third-order valence-corrected chi connectivity index (χ3v) is 4.43. The normalized spacial score (nSPS) is 16.0. The number of rotatable bonds is 11. The molecule has 0 saturated heterocycles. The van der Waals surface area contributed by atoms with Crippen molar-refractivity contribution in [3.05, 3.63) is 77.5 Å². The first-order valence-electron chi connectivity index (χ1n) is 9.64. The molecule has 4 N–H and O–H groups in total. The van der Waals surface area contributed by atoms with Gasteiger partial charge in [-0.05, 0) is 23.6 Å². The zero-order chi connectivity index (χ0) is 21.2. The van der Waals surface area contributed by atoms with Crippen LogP contribution in [0.5, 0.6) is 0 Å². The molecule has 1 unspecified atom stereocenters. The van der Waals surface area contributed by atoms with Crippen molar-refractivity contribution in [2.45, 2.75) is 44.2 Å². The molecule has 0 fully saturated rings. The predicted molar refractivity (Wildman–Crippen MR) is 110 cm³/mol. The fourth-order valence-electron chi connectivity index (χ4n) is 2.79. The number of benzene rings is 2. The van der Waals surface area contributed by atoms with Gasteiger partial charge in [-0.3, -0.25) is 4.79 Å². The lowest BCUT2D eigenvalue weighted by Crippen LogP contribution is -2.48. The fourth-order valence-corrected chi connectivity index (χ4v) is 2.79. The third kappa shape index (κ3) is 6.80.